The standard InChI is InChI=1S/C29H30N4O/c1-32(20-34)28-19-31-27-16-13-22(17-25(27)29(28)33(2)24-11-7-4-8-12-24)23-14-15-26(30-18-23)21-9-5-3-6-10-21/h3,5-6,9-10,13-20,24H,4,7-8,11-12H2,1-2H3. The number of carbonyl (C=O) groups excluding carboxylic acids is 1. The van der Waals surface area contributed by atoms with Gasteiger partial charge in [0.15, 0.2) is 0 Å². The van der Waals surface area contributed by atoms with Crippen LogP contribution in [0.2, 0.25) is 0 Å². The number of aromatic nitrogens is 2. The summed E-state index contributed by atoms with van der Waals surface area (Å²) < 4.78 is 0. The molecule has 5 heteroatoms. The minimum atomic E-state index is 0.466. The summed E-state index contributed by atoms with van der Waals surface area (Å²) in [5.74, 6) is 0. The molecule has 0 spiro atoms. The van der Waals surface area contributed by atoms with Crippen LogP contribution in [0.5, 0.6) is 0 Å². The molecule has 4 aromatic rings. The van der Waals surface area contributed by atoms with Crippen LogP contribution in [0.1, 0.15) is 32.1 Å². The van der Waals surface area contributed by atoms with Crippen LogP contribution in [0.15, 0.2) is 73.1 Å². The Hall–Kier alpha value is -3.73. The van der Waals surface area contributed by atoms with Crippen molar-refractivity contribution < 1.29 is 4.79 Å². The molecule has 0 unspecified atom stereocenters. The molecule has 1 amide bonds. The molecule has 1 aliphatic carbocycles. The maximum atomic E-state index is 11.7. The van der Waals surface area contributed by atoms with E-state index in [-0.39, 0.29) is 0 Å². The smallest absolute Gasteiger partial charge is 0.213 e. The molecule has 0 radical (unpaired) electrons. The van der Waals surface area contributed by atoms with Gasteiger partial charge in [-0.2, -0.15) is 0 Å². The minimum Gasteiger partial charge on any atom is -0.369 e. The minimum absolute atomic E-state index is 0.466. The number of hydrogen-bond acceptors (Lipinski definition) is 4. The third-order valence-electron chi connectivity index (χ3n) is 7.00. The number of fused-ring (bicyclic) bond motifs is 1. The van der Waals surface area contributed by atoms with E-state index in [2.05, 4.69) is 59.4 Å². The number of pyridine rings is 2. The predicted molar refractivity (Wildman–Crippen MR) is 140 cm³/mol. The first-order valence-corrected chi connectivity index (χ1v) is 12.0. The molecule has 172 valence electrons. The lowest BCUT2D eigenvalue weighted by Crippen LogP contribution is -2.34. The second-order valence-corrected chi connectivity index (χ2v) is 9.14. The topological polar surface area (TPSA) is 49.3 Å². The van der Waals surface area contributed by atoms with Crippen LogP contribution in [0.3, 0.4) is 0 Å². The third-order valence-corrected chi connectivity index (χ3v) is 7.00. The van der Waals surface area contributed by atoms with Crippen molar-refractivity contribution in [2.45, 2.75) is 38.1 Å². The molecule has 5 rings (SSSR count). The lowest BCUT2D eigenvalue weighted by Gasteiger charge is -2.35. The number of amides is 1. The second-order valence-electron chi connectivity index (χ2n) is 9.14. The van der Waals surface area contributed by atoms with Crippen LogP contribution in [0, 0.1) is 0 Å². The van der Waals surface area contributed by atoms with Crippen LogP contribution in [-0.4, -0.2) is 36.5 Å². The summed E-state index contributed by atoms with van der Waals surface area (Å²) >= 11 is 0. The van der Waals surface area contributed by atoms with E-state index in [1.165, 1.54) is 32.1 Å². The zero-order valence-corrected chi connectivity index (χ0v) is 19.8. The van der Waals surface area contributed by atoms with Gasteiger partial charge < -0.3 is 9.80 Å². The van der Waals surface area contributed by atoms with Gasteiger partial charge in [-0.25, -0.2) is 0 Å². The van der Waals surface area contributed by atoms with Gasteiger partial charge in [0, 0.05) is 42.8 Å². The van der Waals surface area contributed by atoms with Crippen molar-refractivity contribution in [1.82, 2.24) is 9.97 Å². The third kappa shape index (κ3) is 4.26. The highest BCUT2D eigenvalue weighted by atomic mass is 16.1. The van der Waals surface area contributed by atoms with Gasteiger partial charge in [-0.1, -0.05) is 61.7 Å². The second kappa shape index (κ2) is 9.64. The van der Waals surface area contributed by atoms with Gasteiger partial charge in [-0.05, 0) is 36.6 Å². The van der Waals surface area contributed by atoms with Crippen molar-refractivity contribution in [3.8, 4) is 22.4 Å². The molecule has 2 aromatic carbocycles. The largest absolute Gasteiger partial charge is 0.369 e. The Kier molecular flexibility index (Phi) is 6.26. The quantitative estimate of drug-likeness (QED) is 0.322. The van der Waals surface area contributed by atoms with E-state index in [9.17, 15) is 4.79 Å². The van der Waals surface area contributed by atoms with E-state index in [0.717, 1.165) is 51.1 Å². The molecule has 1 saturated carbocycles. The summed E-state index contributed by atoms with van der Waals surface area (Å²) in [6.45, 7) is 0. The molecule has 2 heterocycles. The number of nitrogens with zero attached hydrogens (tertiary/aromatic N) is 4. The van der Waals surface area contributed by atoms with E-state index in [4.69, 9.17) is 4.98 Å². The van der Waals surface area contributed by atoms with Crippen LogP contribution < -0.4 is 9.80 Å². The fraction of sp³-hybridized carbons (Fsp3) is 0.276. The van der Waals surface area contributed by atoms with Gasteiger partial charge in [0.25, 0.3) is 0 Å². The van der Waals surface area contributed by atoms with Crippen LogP contribution in [0.25, 0.3) is 33.3 Å². The van der Waals surface area contributed by atoms with E-state index < -0.39 is 0 Å². The molecule has 0 saturated heterocycles. The fourth-order valence-electron chi connectivity index (χ4n) is 5.03. The molecule has 5 nitrogen and oxygen atoms in total. The average Bonchev–Trinajstić information content (AvgIpc) is 2.92. The highest BCUT2D eigenvalue weighted by Gasteiger charge is 2.24. The summed E-state index contributed by atoms with van der Waals surface area (Å²) in [5.41, 5.74) is 7.05. The van der Waals surface area contributed by atoms with E-state index in [1.54, 1.807) is 11.9 Å². The summed E-state index contributed by atoms with van der Waals surface area (Å²) in [6, 6.07) is 21.2. The molecule has 1 aliphatic rings. The van der Waals surface area contributed by atoms with Gasteiger partial charge >= 0.3 is 0 Å². The van der Waals surface area contributed by atoms with Crippen LogP contribution >= 0.6 is 0 Å². The average molecular weight is 451 g/mol. The lowest BCUT2D eigenvalue weighted by atomic mass is 9.93. The van der Waals surface area contributed by atoms with Gasteiger partial charge in [0.2, 0.25) is 6.41 Å². The number of anilines is 2. The molecular formula is C29H30N4O. The molecule has 0 N–H and O–H groups in total. The zero-order valence-electron chi connectivity index (χ0n) is 19.8. The predicted octanol–water partition coefficient (Wildman–Crippen LogP) is 6.33. The number of carbonyl (C=O) groups is 1. The molecule has 2 aromatic heterocycles. The van der Waals surface area contributed by atoms with Crippen molar-refractivity contribution in [2.24, 2.45) is 0 Å². The van der Waals surface area contributed by atoms with E-state index in [0.29, 0.717) is 6.04 Å². The molecule has 0 bridgehead atoms. The maximum Gasteiger partial charge on any atom is 0.213 e. The van der Waals surface area contributed by atoms with E-state index >= 15 is 0 Å². The van der Waals surface area contributed by atoms with Crippen molar-refractivity contribution in [1.29, 1.82) is 0 Å². The Balaban J connectivity index is 1.59. The van der Waals surface area contributed by atoms with Crippen LogP contribution in [-0.2, 0) is 4.79 Å². The highest BCUT2D eigenvalue weighted by molar-refractivity contribution is 6.02. The van der Waals surface area contributed by atoms with Gasteiger partial charge in [0.05, 0.1) is 28.8 Å². The molecule has 1 fully saturated rings. The van der Waals surface area contributed by atoms with Crippen LogP contribution in [0.4, 0.5) is 11.4 Å². The summed E-state index contributed by atoms with van der Waals surface area (Å²) in [4.78, 5) is 25.1. The zero-order chi connectivity index (χ0) is 23.5. The number of benzene rings is 2. The summed E-state index contributed by atoms with van der Waals surface area (Å²) in [6.07, 6.45) is 10.8. The van der Waals surface area contributed by atoms with E-state index in [1.807, 2.05) is 30.6 Å². The first-order valence-electron chi connectivity index (χ1n) is 12.0. The first kappa shape index (κ1) is 22.1. The highest BCUT2D eigenvalue weighted by Crippen LogP contribution is 2.39. The van der Waals surface area contributed by atoms with Gasteiger partial charge in [-0.3, -0.25) is 14.8 Å². The fourth-order valence-corrected chi connectivity index (χ4v) is 5.03. The van der Waals surface area contributed by atoms with Gasteiger partial charge in [-0.15, -0.1) is 0 Å². The van der Waals surface area contributed by atoms with Gasteiger partial charge in [0.1, 0.15) is 0 Å². The number of hydrogen-bond donors (Lipinski definition) is 0. The Morgan fingerprint density at radius 2 is 1.59 bits per heavy atom. The SMILES string of the molecule is CN(C=O)c1cnc2ccc(-c3ccc(-c4ccccc4)nc3)cc2c1N(C)C1CCCCC1. The number of rotatable bonds is 6. The Bertz CT molecular complexity index is 1280. The summed E-state index contributed by atoms with van der Waals surface area (Å²) in [7, 11) is 3.96. The Morgan fingerprint density at radius 1 is 0.824 bits per heavy atom. The lowest BCUT2D eigenvalue weighted by molar-refractivity contribution is -0.107. The maximum absolute atomic E-state index is 11.7. The Labute approximate surface area is 201 Å². The summed E-state index contributed by atoms with van der Waals surface area (Å²) in [5, 5.41) is 1.06. The molecule has 34 heavy (non-hydrogen) atoms. The monoisotopic (exact) mass is 450 g/mol. The molecule has 0 atom stereocenters. The van der Waals surface area contributed by atoms with Crippen molar-refractivity contribution in [3.05, 3.63) is 73.1 Å². The Morgan fingerprint density at radius 3 is 2.29 bits per heavy atom. The molecular weight excluding hydrogens is 420 g/mol. The molecule has 0 aliphatic heterocycles. The normalized spacial score (nSPS) is 14.2. The van der Waals surface area contributed by atoms with Crippen molar-refractivity contribution in [2.75, 3.05) is 23.9 Å². The van der Waals surface area contributed by atoms with Crippen molar-refractivity contribution in [3.63, 3.8) is 0 Å². The first-order chi connectivity index (χ1) is 16.7. The van der Waals surface area contributed by atoms with Crippen molar-refractivity contribution >= 4 is 28.7 Å².